The average molecular weight is 292 g/mol. The van der Waals surface area contributed by atoms with Crippen molar-refractivity contribution < 1.29 is 22.7 Å². The van der Waals surface area contributed by atoms with E-state index in [9.17, 15) is 22.7 Å². The molecule has 1 atom stereocenters. The summed E-state index contributed by atoms with van der Waals surface area (Å²) >= 11 is 0.870. The van der Waals surface area contributed by atoms with E-state index in [4.69, 9.17) is 5.73 Å². The number of hydrogen-bond donors (Lipinski definition) is 2. The molecule has 0 aliphatic rings. The third kappa shape index (κ3) is 2.85. The van der Waals surface area contributed by atoms with E-state index in [2.05, 4.69) is 4.98 Å². The summed E-state index contributed by atoms with van der Waals surface area (Å²) in [5, 5.41) is 10.1. The molecule has 0 saturated carbocycles. The van der Waals surface area contributed by atoms with Crippen molar-refractivity contribution in [2.45, 2.75) is 12.3 Å². The number of hydrogen-bond acceptors (Lipinski definition) is 4. The lowest BCUT2D eigenvalue weighted by molar-refractivity contribution is -0.139. The minimum Gasteiger partial charge on any atom is -0.383 e. The van der Waals surface area contributed by atoms with Crippen molar-refractivity contribution in [2.24, 2.45) is 0 Å². The second-order valence-electron chi connectivity index (χ2n) is 3.73. The van der Waals surface area contributed by atoms with Gasteiger partial charge in [-0.3, -0.25) is 0 Å². The molecular formula is C11H8F4N2OS. The van der Waals surface area contributed by atoms with E-state index in [-0.39, 0.29) is 10.0 Å². The van der Waals surface area contributed by atoms with Gasteiger partial charge in [0.25, 0.3) is 0 Å². The number of benzene rings is 1. The summed E-state index contributed by atoms with van der Waals surface area (Å²) < 4.78 is 51.3. The van der Waals surface area contributed by atoms with Crippen LogP contribution in [0, 0.1) is 5.82 Å². The maximum atomic E-state index is 12.9. The van der Waals surface area contributed by atoms with Gasteiger partial charge in [0.2, 0.25) is 0 Å². The molecule has 3 nitrogen and oxygen atoms in total. The Hall–Kier alpha value is -1.67. The topological polar surface area (TPSA) is 59.1 Å². The lowest BCUT2D eigenvalue weighted by atomic mass is 10.0. The van der Waals surface area contributed by atoms with Gasteiger partial charge in [-0.05, 0) is 17.7 Å². The van der Waals surface area contributed by atoms with Gasteiger partial charge in [-0.1, -0.05) is 17.4 Å². The SMILES string of the molecule is Nc1ncc(C(O)c2ccc(F)cc2C(F)(F)F)s1. The molecule has 1 aromatic heterocycles. The van der Waals surface area contributed by atoms with Gasteiger partial charge in [-0.2, -0.15) is 13.2 Å². The molecule has 0 fully saturated rings. The van der Waals surface area contributed by atoms with Crippen LogP contribution < -0.4 is 5.73 Å². The van der Waals surface area contributed by atoms with Crippen LogP contribution in [-0.2, 0) is 6.18 Å². The monoisotopic (exact) mass is 292 g/mol. The summed E-state index contributed by atoms with van der Waals surface area (Å²) in [6, 6.07) is 2.11. The number of nitrogens with two attached hydrogens (primary N) is 1. The molecule has 3 N–H and O–H groups in total. The number of halogens is 4. The van der Waals surface area contributed by atoms with Gasteiger partial charge in [0.15, 0.2) is 5.13 Å². The van der Waals surface area contributed by atoms with Crippen molar-refractivity contribution in [3.05, 3.63) is 46.2 Å². The number of nitrogen functional groups attached to an aromatic ring is 1. The molecule has 102 valence electrons. The van der Waals surface area contributed by atoms with E-state index in [0.717, 1.165) is 23.5 Å². The normalized spacial score (nSPS) is 13.5. The Bertz CT molecular complexity index is 597. The van der Waals surface area contributed by atoms with Gasteiger partial charge in [0, 0.05) is 6.20 Å². The van der Waals surface area contributed by atoms with Crippen LogP contribution in [0.25, 0.3) is 0 Å². The standard InChI is InChI=1S/C11H8F4N2OS/c12-5-1-2-6(7(3-5)11(13,14)15)9(18)8-4-17-10(16)19-8/h1-4,9,18H,(H2,16,17). The van der Waals surface area contributed by atoms with Crippen molar-refractivity contribution in [3.63, 3.8) is 0 Å². The zero-order valence-electron chi connectivity index (χ0n) is 9.28. The second kappa shape index (κ2) is 4.78. The van der Waals surface area contributed by atoms with Gasteiger partial charge in [0.1, 0.15) is 11.9 Å². The molecule has 2 aromatic rings. The predicted molar refractivity (Wildman–Crippen MR) is 62.0 cm³/mol. The van der Waals surface area contributed by atoms with Crippen LogP contribution in [0.3, 0.4) is 0 Å². The van der Waals surface area contributed by atoms with Crippen LogP contribution in [-0.4, -0.2) is 10.1 Å². The first-order valence-corrected chi connectivity index (χ1v) is 5.86. The average Bonchev–Trinajstić information content (AvgIpc) is 2.74. The van der Waals surface area contributed by atoms with Crippen molar-refractivity contribution in [1.82, 2.24) is 4.98 Å². The highest BCUT2D eigenvalue weighted by atomic mass is 32.1. The van der Waals surface area contributed by atoms with E-state index in [0.29, 0.717) is 6.07 Å². The molecule has 0 aliphatic heterocycles. The molecular weight excluding hydrogens is 284 g/mol. The fourth-order valence-corrected chi connectivity index (χ4v) is 2.28. The van der Waals surface area contributed by atoms with E-state index in [1.165, 1.54) is 6.20 Å². The number of rotatable bonds is 2. The van der Waals surface area contributed by atoms with Crippen LogP contribution >= 0.6 is 11.3 Å². The van der Waals surface area contributed by atoms with Crippen LogP contribution in [0.15, 0.2) is 24.4 Å². The van der Waals surface area contributed by atoms with Crippen molar-refractivity contribution in [3.8, 4) is 0 Å². The zero-order valence-corrected chi connectivity index (χ0v) is 10.1. The first-order chi connectivity index (χ1) is 8.79. The van der Waals surface area contributed by atoms with Crippen LogP contribution in [0.4, 0.5) is 22.7 Å². The second-order valence-corrected chi connectivity index (χ2v) is 4.83. The van der Waals surface area contributed by atoms with Crippen LogP contribution in [0.1, 0.15) is 22.1 Å². The Balaban J connectivity index is 2.50. The maximum Gasteiger partial charge on any atom is 0.416 e. The smallest absolute Gasteiger partial charge is 0.383 e. The van der Waals surface area contributed by atoms with Gasteiger partial charge in [0.05, 0.1) is 10.4 Å². The molecule has 19 heavy (non-hydrogen) atoms. The van der Waals surface area contributed by atoms with Crippen molar-refractivity contribution in [1.29, 1.82) is 0 Å². The first kappa shape index (κ1) is 13.8. The van der Waals surface area contributed by atoms with E-state index < -0.39 is 29.2 Å². The van der Waals surface area contributed by atoms with Gasteiger partial charge in [-0.25, -0.2) is 9.37 Å². The zero-order chi connectivity index (χ0) is 14.2. The lowest BCUT2D eigenvalue weighted by Gasteiger charge is -2.16. The molecule has 1 unspecified atom stereocenters. The first-order valence-electron chi connectivity index (χ1n) is 5.05. The number of alkyl halides is 3. The number of anilines is 1. The Labute approximate surface area is 109 Å². The number of aromatic nitrogens is 1. The minimum atomic E-state index is -4.76. The summed E-state index contributed by atoms with van der Waals surface area (Å²) in [6.07, 6.45) is -5.12. The predicted octanol–water partition coefficient (Wildman–Crippen LogP) is 2.96. The van der Waals surface area contributed by atoms with Crippen molar-refractivity contribution >= 4 is 16.5 Å². The summed E-state index contributed by atoms with van der Waals surface area (Å²) in [4.78, 5) is 3.82. The number of nitrogens with zero attached hydrogens (tertiary/aromatic N) is 1. The minimum absolute atomic E-state index is 0.129. The largest absolute Gasteiger partial charge is 0.416 e. The molecule has 1 aromatic carbocycles. The summed E-state index contributed by atoms with van der Waals surface area (Å²) in [7, 11) is 0. The molecule has 0 aliphatic carbocycles. The number of aliphatic hydroxyl groups is 1. The molecule has 0 radical (unpaired) electrons. The Morgan fingerprint density at radius 3 is 2.53 bits per heavy atom. The fourth-order valence-electron chi connectivity index (χ4n) is 1.59. The van der Waals surface area contributed by atoms with E-state index in [1.807, 2.05) is 0 Å². The third-order valence-corrected chi connectivity index (χ3v) is 3.31. The highest BCUT2D eigenvalue weighted by Crippen LogP contribution is 2.38. The highest BCUT2D eigenvalue weighted by molar-refractivity contribution is 7.15. The van der Waals surface area contributed by atoms with E-state index >= 15 is 0 Å². The van der Waals surface area contributed by atoms with Gasteiger partial charge >= 0.3 is 6.18 Å². The van der Waals surface area contributed by atoms with Crippen LogP contribution in [0.2, 0.25) is 0 Å². The number of aliphatic hydroxyl groups excluding tert-OH is 1. The van der Waals surface area contributed by atoms with Gasteiger partial charge < -0.3 is 10.8 Å². The Morgan fingerprint density at radius 2 is 2.00 bits per heavy atom. The quantitative estimate of drug-likeness (QED) is 0.837. The lowest BCUT2D eigenvalue weighted by Crippen LogP contribution is -2.12. The fraction of sp³-hybridized carbons (Fsp3) is 0.182. The third-order valence-electron chi connectivity index (χ3n) is 2.43. The summed E-state index contributed by atoms with van der Waals surface area (Å²) in [6.45, 7) is 0. The maximum absolute atomic E-state index is 12.9. The molecule has 8 heteroatoms. The highest BCUT2D eigenvalue weighted by Gasteiger charge is 2.36. The Kier molecular flexibility index (Phi) is 3.46. The van der Waals surface area contributed by atoms with Gasteiger partial charge in [-0.15, -0.1) is 0 Å². The molecule has 0 saturated heterocycles. The molecule has 0 bridgehead atoms. The molecule has 0 amide bonds. The van der Waals surface area contributed by atoms with E-state index in [1.54, 1.807) is 0 Å². The Morgan fingerprint density at radius 1 is 1.32 bits per heavy atom. The van der Waals surface area contributed by atoms with Crippen molar-refractivity contribution in [2.75, 3.05) is 5.73 Å². The molecule has 0 spiro atoms. The summed E-state index contributed by atoms with van der Waals surface area (Å²) in [5.41, 5.74) is 3.71. The molecule has 2 rings (SSSR count). The summed E-state index contributed by atoms with van der Waals surface area (Å²) in [5.74, 6) is -1.02. The molecule has 1 heterocycles. The van der Waals surface area contributed by atoms with Crippen LogP contribution in [0.5, 0.6) is 0 Å². The number of thiazole rings is 1.